The molecule has 2 saturated carbocycles. The molecule has 4 heteroatoms. The summed E-state index contributed by atoms with van der Waals surface area (Å²) in [6, 6.07) is 0.857. The Labute approximate surface area is 124 Å². The van der Waals surface area contributed by atoms with Crippen LogP contribution in [0.25, 0.3) is 0 Å². The third kappa shape index (κ3) is 4.11. The Morgan fingerprint density at radius 3 is 2.45 bits per heavy atom. The molecule has 0 aromatic rings. The minimum Gasteiger partial charge on any atom is -0.356 e. The molecule has 2 rings (SSSR count). The SMILES string of the molecule is CCN(CCNC(=NC)NCC1(CC)CCC1)C1CC1. The number of rotatable bonds is 8. The minimum atomic E-state index is 0.543. The zero-order valence-corrected chi connectivity index (χ0v) is 13.5. The molecular weight excluding hydrogens is 248 g/mol. The molecule has 0 unspecified atom stereocenters. The summed E-state index contributed by atoms with van der Waals surface area (Å²) in [5.41, 5.74) is 0.543. The van der Waals surface area contributed by atoms with Gasteiger partial charge in [-0.2, -0.15) is 0 Å². The van der Waals surface area contributed by atoms with Crippen LogP contribution in [0.5, 0.6) is 0 Å². The van der Waals surface area contributed by atoms with Crippen molar-refractivity contribution in [3.63, 3.8) is 0 Å². The highest BCUT2D eigenvalue weighted by molar-refractivity contribution is 5.79. The van der Waals surface area contributed by atoms with E-state index >= 15 is 0 Å². The van der Waals surface area contributed by atoms with Gasteiger partial charge in [0.05, 0.1) is 0 Å². The molecule has 0 saturated heterocycles. The van der Waals surface area contributed by atoms with Gasteiger partial charge in [0.2, 0.25) is 0 Å². The molecule has 0 bridgehead atoms. The molecule has 0 atom stereocenters. The second-order valence-electron chi connectivity index (χ2n) is 6.42. The van der Waals surface area contributed by atoms with Crippen LogP contribution in [0.2, 0.25) is 0 Å². The lowest BCUT2D eigenvalue weighted by Crippen LogP contribution is -2.47. The number of likely N-dealkylation sites (N-methyl/N-ethyl adjacent to an activating group) is 1. The van der Waals surface area contributed by atoms with Gasteiger partial charge in [-0.25, -0.2) is 0 Å². The second kappa shape index (κ2) is 7.30. The number of nitrogens with one attached hydrogen (secondary N) is 2. The van der Waals surface area contributed by atoms with Crippen molar-refractivity contribution >= 4 is 5.96 Å². The topological polar surface area (TPSA) is 39.7 Å². The molecule has 0 aliphatic heterocycles. The van der Waals surface area contributed by atoms with Crippen molar-refractivity contribution < 1.29 is 0 Å². The highest BCUT2D eigenvalue weighted by Crippen LogP contribution is 2.42. The van der Waals surface area contributed by atoms with Gasteiger partial charge in [0.15, 0.2) is 5.96 Å². The predicted molar refractivity (Wildman–Crippen MR) is 86.2 cm³/mol. The lowest BCUT2D eigenvalue weighted by atomic mass is 9.67. The van der Waals surface area contributed by atoms with Crippen molar-refractivity contribution in [2.45, 2.75) is 58.4 Å². The van der Waals surface area contributed by atoms with Crippen molar-refractivity contribution in [3.05, 3.63) is 0 Å². The first-order chi connectivity index (χ1) is 9.73. The third-order valence-corrected chi connectivity index (χ3v) is 5.18. The van der Waals surface area contributed by atoms with Crippen molar-refractivity contribution in [1.82, 2.24) is 15.5 Å². The van der Waals surface area contributed by atoms with Crippen LogP contribution in [0, 0.1) is 5.41 Å². The standard InChI is InChI=1S/C16H32N4/c1-4-16(9-6-10-16)13-19-15(17-3)18-11-12-20(5-2)14-7-8-14/h14H,4-13H2,1-3H3,(H2,17,18,19). The fourth-order valence-electron chi connectivity index (χ4n) is 3.18. The number of aliphatic imine (C=N–C) groups is 1. The molecule has 20 heavy (non-hydrogen) atoms. The number of hydrogen-bond donors (Lipinski definition) is 2. The van der Waals surface area contributed by atoms with Crippen LogP contribution in [-0.2, 0) is 0 Å². The van der Waals surface area contributed by atoms with E-state index in [1.165, 1.54) is 38.5 Å². The molecule has 2 aliphatic rings. The molecule has 2 fully saturated rings. The van der Waals surface area contributed by atoms with Gasteiger partial charge in [-0.05, 0) is 44.1 Å². The van der Waals surface area contributed by atoms with Crippen LogP contribution in [0.15, 0.2) is 4.99 Å². The van der Waals surface area contributed by atoms with Crippen LogP contribution in [-0.4, -0.2) is 50.1 Å². The number of nitrogens with zero attached hydrogens (tertiary/aromatic N) is 2. The van der Waals surface area contributed by atoms with E-state index in [-0.39, 0.29) is 0 Å². The predicted octanol–water partition coefficient (Wildman–Crippen LogP) is 2.22. The molecule has 0 aromatic heterocycles. The number of guanidine groups is 1. The Balaban J connectivity index is 1.64. The zero-order chi connectivity index (χ0) is 14.4. The molecule has 0 amide bonds. The summed E-state index contributed by atoms with van der Waals surface area (Å²) in [6.07, 6.45) is 8.20. The summed E-state index contributed by atoms with van der Waals surface area (Å²) in [4.78, 5) is 6.91. The van der Waals surface area contributed by atoms with E-state index in [4.69, 9.17) is 0 Å². The van der Waals surface area contributed by atoms with Gasteiger partial charge >= 0.3 is 0 Å². The molecule has 0 heterocycles. The van der Waals surface area contributed by atoms with Gasteiger partial charge in [-0.15, -0.1) is 0 Å². The van der Waals surface area contributed by atoms with Gasteiger partial charge in [-0.1, -0.05) is 20.3 Å². The molecule has 0 aromatic carbocycles. The van der Waals surface area contributed by atoms with E-state index in [0.717, 1.165) is 38.2 Å². The van der Waals surface area contributed by atoms with Crippen LogP contribution < -0.4 is 10.6 Å². The van der Waals surface area contributed by atoms with Crippen LogP contribution in [0.1, 0.15) is 52.4 Å². The summed E-state index contributed by atoms with van der Waals surface area (Å²) >= 11 is 0. The number of hydrogen-bond acceptors (Lipinski definition) is 2. The second-order valence-corrected chi connectivity index (χ2v) is 6.42. The normalized spacial score (nSPS) is 21.7. The Morgan fingerprint density at radius 2 is 2.00 bits per heavy atom. The third-order valence-electron chi connectivity index (χ3n) is 5.18. The summed E-state index contributed by atoms with van der Waals surface area (Å²) in [5.74, 6) is 0.969. The Kier molecular flexibility index (Phi) is 5.70. The molecule has 4 nitrogen and oxygen atoms in total. The molecule has 2 aliphatic carbocycles. The molecular formula is C16H32N4. The van der Waals surface area contributed by atoms with Gasteiger partial charge in [0.25, 0.3) is 0 Å². The van der Waals surface area contributed by atoms with Crippen LogP contribution >= 0.6 is 0 Å². The maximum absolute atomic E-state index is 4.34. The van der Waals surface area contributed by atoms with Gasteiger partial charge in [0.1, 0.15) is 0 Å². The highest BCUT2D eigenvalue weighted by Gasteiger charge is 2.34. The maximum atomic E-state index is 4.34. The summed E-state index contributed by atoms with van der Waals surface area (Å²) in [5, 5.41) is 6.98. The van der Waals surface area contributed by atoms with E-state index < -0.39 is 0 Å². The Morgan fingerprint density at radius 1 is 1.25 bits per heavy atom. The largest absolute Gasteiger partial charge is 0.356 e. The van der Waals surface area contributed by atoms with E-state index in [9.17, 15) is 0 Å². The smallest absolute Gasteiger partial charge is 0.191 e. The van der Waals surface area contributed by atoms with Crippen molar-refractivity contribution in [3.8, 4) is 0 Å². The first kappa shape index (κ1) is 15.6. The van der Waals surface area contributed by atoms with Gasteiger partial charge < -0.3 is 10.6 Å². The van der Waals surface area contributed by atoms with Crippen molar-refractivity contribution in [2.24, 2.45) is 10.4 Å². The molecule has 116 valence electrons. The average Bonchev–Trinajstić information content (AvgIpc) is 3.25. The Hall–Kier alpha value is -0.770. The van der Waals surface area contributed by atoms with E-state index in [0.29, 0.717) is 5.41 Å². The summed E-state index contributed by atoms with van der Waals surface area (Å²) < 4.78 is 0. The minimum absolute atomic E-state index is 0.543. The molecule has 0 radical (unpaired) electrons. The molecule has 2 N–H and O–H groups in total. The van der Waals surface area contributed by atoms with Crippen molar-refractivity contribution in [1.29, 1.82) is 0 Å². The molecule has 0 spiro atoms. The van der Waals surface area contributed by atoms with Crippen LogP contribution in [0.3, 0.4) is 0 Å². The summed E-state index contributed by atoms with van der Waals surface area (Å²) in [6.45, 7) is 8.92. The monoisotopic (exact) mass is 280 g/mol. The average molecular weight is 280 g/mol. The first-order valence-electron chi connectivity index (χ1n) is 8.41. The van der Waals surface area contributed by atoms with E-state index in [1.54, 1.807) is 0 Å². The fourth-order valence-corrected chi connectivity index (χ4v) is 3.18. The zero-order valence-electron chi connectivity index (χ0n) is 13.5. The van der Waals surface area contributed by atoms with Crippen molar-refractivity contribution in [2.75, 3.05) is 33.2 Å². The lowest BCUT2D eigenvalue weighted by Gasteiger charge is -2.41. The Bertz CT molecular complexity index is 313. The van der Waals surface area contributed by atoms with Gasteiger partial charge in [0, 0.05) is 32.7 Å². The van der Waals surface area contributed by atoms with Gasteiger partial charge in [-0.3, -0.25) is 9.89 Å². The quantitative estimate of drug-likeness (QED) is 0.529. The van der Waals surface area contributed by atoms with Crippen LogP contribution in [0.4, 0.5) is 0 Å². The van der Waals surface area contributed by atoms with E-state index in [2.05, 4.69) is 34.4 Å². The maximum Gasteiger partial charge on any atom is 0.191 e. The summed E-state index contributed by atoms with van der Waals surface area (Å²) in [7, 11) is 1.87. The van der Waals surface area contributed by atoms with E-state index in [1.807, 2.05) is 7.05 Å². The lowest BCUT2D eigenvalue weighted by molar-refractivity contribution is 0.131. The first-order valence-corrected chi connectivity index (χ1v) is 8.41. The highest BCUT2D eigenvalue weighted by atomic mass is 15.2. The fraction of sp³-hybridized carbons (Fsp3) is 0.938.